The number of halogens is 1. The van der Waals surface area contributed by atoms with E-state index in [1.54, 1.807) is 6.07 Å². The summed E-state index contributed by atoms with van der Waals surface area (Å²) in [6.45, 7) is 4.60. The normalized spacial score (nSPS) is 16.1. The van der Waals surface area contributed by atoms with Crippen molar-refractivity contribution in [3.05, 3.63) is 64.2 Å². The molecule has 0 aliphatic carbocycles. The van der Waals surface area contributed by atoms with Crippen LogP contribution in [0.5, 0.6) is 0 Å². The van der Waals surface area contributed by atoms with Gasteiger partial charge in [-0.2, -0.15) is 0 Å². The van der Waals surface area contributed by atoms with Crippen LogP contribution in [0.3, 0.4) is 0 Å². The van der Waals surface area contributed by atoms with Gasteiger partial charge < -0.3 is 5.32 Å². The van der Waals surface area contributed by atoms with E-state index < -0.39 is 10.0 Å². The lowest BCUT2D eigenvalue weighted by Gasteiger charge is -2.30. The predicted octanol–water partition coefficient (Wildman–Crippen LogP) is 4.14. The second kappa shape index (κ2) is 8.64. The van der Waals surface area contributed by atoms with E-state index in [-0.39, 0.29) is 17.6 Å². The Labute approximate surface area is 171 Å². The molecule has 1 aliphatic rings. The zero-order valence-corrected chi connectivity index (χ0v) is 17.7. The highest BCUT2D eigenvalue weighted by Gasteiger charge is 2.31. The van der Waals surface area contributed by atoms with Crippen LogP contribution in [-0.4, -0.2) is 31.7 Å². The van der Waals surface area contributed by atoms with Gasteiger partial charge in [0.25, 0.3) is 0 Å². The number of piperidine rings is 1. The standard InChI is InChI=1S/C21H25ClN2O3S/c1-15-3-6-17(7-4-15)14-28(26,27)24-11-9-18(10-12-24)21(25)23-19-8-5-16(2)20(22)13-19/h3-8,13,18H,9-12,14H2,1-2H3,(H,23,25). The Morgan fingerprint density at radius 1 is 1.11 bits per heavy atom. The van der Waals surface area contributed by atoms with Crippen molar-refractivity contribution in [2.24, 2.45) is 5.92 Å². The smallest absolute Gasteiger partial charge is 0.227 e. The molecule has 1 N–H and O–H groups in total. The molecule has 150 valence electrons. The molecule has 1 aliphatic heterocycles. The van der Waals surface area contributed by atoms with Gasteiger partial charge in [0, 0.05) is 29.7 Å². The van der Waals surface area contributed by atoms with Crippen molar-refractivity contribution in [2.45, 2.75) is 32.4 Å². The van der Waals surface area contributed by atoms with Crippen molar-refractivity contribution in [1.29, 1.82) is 0 Å². The molecule has 0 unspecified atom stereocenters. The molecular formula is C21H25ClN2O3S. The Morgan fingerprint density at radius 3 is 2.36 bits per heavy atom. The van der Waals surface area contributed by atoms with Gasteiger partial charge in [0.1, 0.15) is 0 Å². The van der Waals surface area contributed by atoms with Crippen LogP contribution in [0, 0.1) is 19.8 Å². The maximum Gasteiger partial charge on any atom is 0.227 e. The van der Waals surface area contributed by atoms with Gasteiger partial charge in [-0.25, -0.2) is 12.7 Å². The fraction of sp³-hybridized carbons (Fsp3) is 0.381. The summed E-state index contributed by atoms with van der Waals surface area (Å²) in [6, 6.07) is 12.9. The fourth-order valence-corrected chi connectivity index (χ4v) is 5.04. The number of rotatable bonds is 5. The van der Waals surface area contributed by atoms with E-state index in [1.165, 1.54) is 4.31 Å². The minimum absolute atomic E-state index is 0.00793. The van der Waals surface area contributed by atoms with E-state index in [9.17, 15) is 13.2 Å². The molecule has 28 heavy (non-hydrogen) atoms. The first-order valence-electron chi connectivity index (χ1n) is 9.35. The molecule has 2 aromatic rings. The number of amides is 1. The third-order valence-electron chi connectivity index (χ3n) is 5.13. The topological polar surface area (TPSA) is 66.5 Å². The quantitative estimate of drug-likeness (QED) is 0.790. The second-order valence-electron chi connectivity index (χ2n) is 7.37. The van der Waals surface area contributed by atoms with Gasteiger partial charge in [0.15, 0.2) is 0 Å². The van der Waals surface area contributed by atoms with Crippen molar-refractivity contribution in [2.75, 3.05) is 18.4 Å². The summed E-state index contributed by atoms with van der Waals surface area (Å²) in [7, 11) is -3.38. The first-order chi connectivity index (χ1) is 13.2. The number of carbonyl (C=O) groups is 1. The summed E-state index contributed by atoms with van der Waals surface area (Å²) in [6.07, 6.45) is 1.02. The summed E-state index contributed by atoms with van der Waals surface area (Å²) in [5.41, 5.74) is 3.49. The van der Waals surface area contributed by atoms with Crippen molar-refractivity contribution in [3.63, 3.8) is 0 Å². The van der Waals surface area contributed by atoms with Crippen LogP contribution in [0.4, 0.5) is 5.69 Å². The summed E-state index contributed by atoms with van der Waals surface area (Å²) >= 11 is 6.10. The van der Waals surface area contributed by atoms with Crippen LogP contribution in [0.25, 0.3) is 0 Å². The van der Waals surface area contributed by atoms with Crippen LogP contribution in [0.2, 0.25) is 5.02 Å². The number of benzene rings is 2. The minimum atomic E-state index is -3.38. The summed E-state index contributed by atoms with van der Waals surface area (Å²) in [4.78, 5) is 12.5. The number of hydrogen-bond acceptors (Lipinski definition) is 3. The van der Waals surface area contributed by atoms with Crippen molar-refractivity contribution < 1.29 is 13.2 Å². The Morgan fingerprint density at radius 2 is 1.75 bits per heavy atom. The van der Waals surface area contributed by atoms with Gasteiger partial charge in [-0.3, -0.25) is 4.79 Å². The van der Waals surface area contributed by atoms with Crippen molar-refractivity contribution in [1.82, 2.24) is 4.31 Å². The number of sulfonamides is 1. The minimum Gasteiger partial charge on any atom is -0.326 e. The van der Waals surface area contributed by atoms with Gasteiger partial charge in [-0.15, -0.1) is 0 Å². The molecule has 0 bridgehead atoms. The Kier molecular flexibility index (Phi) is 6.43. The maximum absolute atomic E-state index is 12.7. The van der Waals surface area contributed by atoms with Crippen molar-refractivity contribution in [3.8, 4) is 0 Å². The number of aryl methyl sites for hydroxylation is 2. The van der Waals surface area contributed by atoms with Gasteiger partial charge in [0.05, 0.1) is 5.75 Å². The Hall–Kier alpha value is -1.89. The van der Waals surface area contributed by atoms with E-state index >= 15 is 0 Å². The summed E-state index contributed by atoms with van der Waals surface area (Å²) in [5.74, 6) is -0.298. The first kappa shape index (κ1) is 20.8. The van der Waals surface area contributed by atoms with E-state index in [1.807, 2.05) is 50.2 Å². The molecule has 3 rings (SSSR count). The molecular weight excluding hydrogens is 396 g/mol. The number of anilines is 1. The average Bonchev–Trinajstić information content (AvgIpc) is 2.66. The molecule has 0 radical (unpaired) electrons. The van der Waals surface area contributed by atoms with Crippen LogP contribution in [0.15, 0.2) is 42.5 Å². The van der Waals surface area contributed by atoms with Gasteiger partial charge in [-0.05, 0) is 49.9 Å². The highest BCUT2D eigenvalue weighted by molar-refractivity contribution is 7.88. The highest BCUT2D eigenvalue weighted by Crippen LogP contribution is 2.25. The largest absolute Gasteiger partial charge is 0.326 e. The fourth-order valence-electron chi connectivity index (χ4n) is 3.30. The molecule has 0 spiro atoms. The Balaban J connectivity index is 1.56. The van der Waals surface area contributed by atoms with E-state index in [0.717, 1.165) is 16.7 Å². The lowest BCUT2D eigenvalue weighted by atomic mass is 9.97. The van der Waals surface area contributed by atoms with Gasteiger partial charge in [0.2, 0.25) is 15.9 Å². The lowest BCUT2D eigenvalue weighted by Crippen LogP contribution is -2.41. The summed E-state index contributed by atoms with van der Waals surface area (Å²) in [5, 5.41) is 3.49. The second-order valence-corrected chi connectivity index (χ2v) is 9.74. The molecule has 2 aromatic carbocycles. The van der Waals surface area contributed by atoms with E-state index in [4.69, 9.17) is 11.6 Å². The zero-order chi connectivity index (χ0) is 20.3. The Bertz CT molecular complexity index is 950. The molecule has 0 atom stereocenters. The predicted molar refractivity (Wildman–Crippen MR) is 113 cm³/mol. The lowest BCUT2D eigenvalue weighted by molar-refractivity contribution is -0.120. The number of carbonyl (C=O) groups excluding carboxylic acids is 1. The van der Waals surface area contributed by atoms with E-state index in [2.05, 4.69) is 5.32 Å². The third-order valence-corrected chi connectivity index (χ3v) is 7.38. The zero-order valence-electron chi connectivity index (χ0n) is 16.1. The molecule has 1 fully saturated rings. The van der Waals surface area contributed by atoms with Crippen LogP contribution in [0.1, 0.15) is 29.5 Å². The number of nitrogens with zero attached hydrogens (tertiary/aromatic N) is 1. The number of nitrogens with one attached hydrogen (secondary N) is 1. The van der Waals surface area contributed by atoms with Gasteiger partial charge in [-0.1, -0.05) is 47.5 Å². The van der Waals surface area contributed by atoms with Crippen LogP contribution in [-0.2, 0) is 20.6 Å². The molecule has 1 amide bonds. The van der Waals surface area contributed by atoms with Crippen LogP contribution >= 0.6 is 11.6 Å². The molecule has 5 nitrogen and oxygen atoms in total. The van der Waals surface area contributed by atoms with Gasteiger partial charge >= 0.3 is 0 Å². The van der Waals surface area contributed by atoms with E-state index in [0.29, 0.717) is 36.6 Å². The molecule has 0 saturated carbocycles. The molecule has 1 heterocycles. The molecule has 0 aromatic heterocycles. The summed E-state index contributed by atoms with van der Waals surface area (Å²) < 4.78 is 26.9. The molecule has 7 heteroatoms. The van der Waals surface area contributed by atoms with Crippen LogP contribution < -0.4 is 5.32 Å². The number of hydrogen-bond donors (Lipinski definition) is 1. The third kappa shape index (κ3) is 5.13. The monoisotopic (exact) mass is 420 g/mol. The maximum atomic E-state index is 12.7. The van der Waals surface area contributed by atoms with Crippen molar-refractivity contribution >= 4 is 33.2 Å². The molecule has 1 saturated heterocycles. The first-order valence-corrected chi connectivity index (χ1v) is 11.3. The average molecular weight is 421 g/mol. The SMILES string of the molecule is Cc1ccc(CS(=O)(=O)N2CCC(C(=O)Nc3ccc(C)c(Cl)c3)CC2)cc1. The highest BCUT2D eigenvalue weighted by atomic mass is 35.5.